The zero-order valence-corrected chi connectivity index (χ0v) is 10.5. The van der Waals surface area contributed by atoms with E-state index in [-0.39, 0.29) is 17.9 Å². The number of amidine groups is 1. The molecule has 0 amide bonds. The van der Waals surface area contributed by atoms with Crippen molar-refractivity contribution in [2.24, 2.45) is 10.9 Å². The predicted molar refractivity (Wildman–Crippen MR) is 68.0 cm³/mol. The summed E-state index contributed by atoms with van der Waals surface area (Å²) in [6.45, 7) is 4.13. The summed E-state index contributed by atoms with van der Waals surface area (Å²) < 4.78 is 0. The van der Waals surface area contributed by atoms with Crippen LogP contribution >= 0.6 is 11.3 Å². The molecule has 1 heterocycles. The number of nitrogens with two attached hydrogens (primary N) is 1. The number of nitrogens with one attached hydrogen (secondary N) is 1. The maximum Gasteiger partial charge on any atom is 0.156 e. The van der Waals surface area contributed by atoms with E-state index < -0.39 is 0 Å². The van der Waals surface area contributed by atoms with Gasteiger partial charge in [-0.2, -0.15) is 0 Å². The van der Waals surface area contributed by atoms with Crippen molar-refractivity contribution in [3.63, 3.8) is 0 Å². The fourth-order valence-electron chi connectivity index (χ4n) is 1.62. The Labute approximate surface area is 100 Å². The van der Waals surface area contributed by atoms with Crippen LogP contribution in [0.25, 0.3) is 0 Å². The molecule has 4 nitrogen and oxygen atoms in total. The van der Waals surface area contributed by atoms with Gasteiger partial charge in [0.25, 0.3) is 0 Å². The molecule has 1 aromatic rings. The van der Waals surface area contributed by atoms with Gasteiger partial charge in [0.1, 0.15) is 0 Å². The van der Waals surface area contributed by atoms with E-state index in [1.807, 2.05) is 13.0 Å². The Balaban J connectivity index is 2.69. The van der Waals surface area contributed by atoms with E-state index in [1.54, 1.807) is 11.3 Å². The normalized spacial score (nSPS) is 16.0. The van der Waals surface area contributed by atoms with Crippen LogP contribution in [0, 0.1) is 0 Å². The van der Waals surface area contributed by atoms with Crippen LogP contribution < -0.4 is 11.1 Å². The number of oxime groups is 1. The average molecular weight is 241 g/mol. The molecule has 0 spiro atoms. The lowest BCUT2D eigenvalue weighted by Crippen LogP contribution is -2.42. The minimum absolute atomic E-state index is 0.0722. The van der Waals surface area contributed by atoms with Crippen LogP contribution in [0.15, 0.2) is 22.7 Å². The van der Waals surface area contributed by atoms with Gasteiger partial charge in [-0.25, -0.2) is 0 Å². The summed E-state index contributed by atoms with van der Waals surface area (Å²) in [5.74, 6) is 0.248. The van der Waals surface area contributed by atoms with E-state index >= 15 is 0 Å². The first-order chi connectivity index (χ1) is 7.72. The second-order valence-electron chi connectivity index (χ2n) is 3.63. The Morgan fingerprint density at radius 1 is 1.56 bits per heavy atom. The smallest absolute Gasteiger partial charge is 0.156 e. The maximum absolute atomic E-state index is 8.68. The fourth-order valence-corrected chi connectivity index (χ4v) is 2.49. The first-order valence-electron chi connectivity index (χ1n) is 5.49. The fraction of sp³-hybridized carbons (Fsp3) is 0.545. The van der Waals surface area contributed by atoms with Gasteiger partial charge < -0.3 is 10.9 Å². The van der Waals surface area contributed by atoms with E-state index in [1.165, 1.54) is 4.88 Å². The van der Waals surface area contributed by atoms with Crippen molar-refractivity contribution in [2.45, 2.75) is 38.8 Å². The first kappa shape index (κ1) is 13.0. The number of nitrogens with zero attached hydrogens (tertiary/aromatic N) is 1. The Kier molecular flexibility index (Phi) is 5.28. The summed E-state index contributed by atoms with van der Waals surface area (Å²) in [7, 11) is 0. The van der Waals surface area contributed by atoms with Crippen molar-refractivity contribution in [3.8, 4) is 0 Å². The summed E-state index contributed by atoms with van der Waals surface area (Å²) in [4.78, 5) is 1.28. The lowest BCUT2D eigenvalue weighted by Gasteiger charge is -2.22. The van der Waals surface area contributed by atoms with Crippen LogP contribution in [-0.2, 0) is 0 Å². The van der Waals surface area contributed by atoms with Crippen molar-refractivity contribution in [3.05, 3.63) is 22.4 Å². The van der Waals surface area contributed by atoms with Crippen molar-refractivity contribution in [1.82, 2.24) is 5.32 Å². The molecule has 16 heavy (non-hydrogen) atoms. The molecule has 0 saturated carbocycles. The van der Waals surface area contributed by atoms with Crippen molar-refractivity contribution in [2.75, 3.05) is 0 Å². The number of thiophene rings is 1. The molecular weight excluding hydrogens is 222 g/mol. The van der Waals surface area contributed by atoms with E-state index in [9.17, 15) is 0 Å². The van der Waals surface area contributed by atoms with Gasteiger partial charge in [-0.15, -0.1) is 11.3 Å². The van der Waals surface area contributed by atoms with Crippen LogP contribution in [-0.4, -0.2) is 17.1 Å². The topological polar surface area (TPSA) is 70.6 Å². The van der Waals surface area contributed by atoms with Gasteiger partial charge in [0.05, 0.1) is 6.04 Å². The number of hydrogen-bond acceptors (Lipinski definition) is 4. The Morgan fingerprint density at radius 2 is 2.31 bits per heavy atom. The molecule has 0 aliphatic carbocycles. The Morgan fingerprint density at radius 3 is 2.75 bits per heavy atom. The molecule has 2 unspecified atom stereocenters. The highest BCUT2D eigenvalue weighted by Gasteiger charge is 2.18. The second kappa shape index (κ2) is 6.50. The molecule has 0 radical (unpaired) electrons. The van der Waals surface area contributed by atoms with Gasteiger partial charge in [0.2, 0.25) is 0 Å². The minimum Gasteiger partial charge on any atom is -0.409 e. The molecule has 0 aliphatic heterocycles. The summed E-state index contributed by atoms with van der Waals surface area (Å²) in [6.07, 6.45) is 1.79. The van der Waals surface area contributed by atoms with Crippen molar-refractivity contribution < 1.29 is 5.21 Å². The minimum atomic E-state index is -0.0722. The third kappa shape index (κ3) is 3.21. The van der Waals surface area contributed by atoms with Crippen LogP contribution in [0.4, 0.5) is 0 Å². The van der Waals surface area contributed by atoms with Crippen LogP contribution in [0.1, 0.15) is 37.6 Å². The van der Waals surface area contributed by atoms with Gasteiger partial charge in [0.15, 0.2) is 5.84 Å². The lowest BCUT2D eigenvalue weighted by atomic mass is 10.1. The molecule has 2 atom stereocenters. The van der Waals surface area contributed by atoms with Crippen LogP contribution in [0.3, 0.4) is 0 Å². The molecule has 1 aromatic heterocycles. The SMILES string of the molecule is CCC(NC(CC)c1cccs1)C(N)=NO. The van der Waals surface area contributed by atoms with Crippen LogP contribution in [0.5, 0.6) is 0 Å². The van der Waals surface area contributed by atoms with Gasteiger partial charge in [0, 0.05) is 10.9 Å². The second-order valence-corrected chi connectivity index (χ2v) is 4.61. The molecule has 5 heteroatoms. The molecule has 90 valence electrons. The molecule has 0 saturated heterocycles. The Bertz CT molecular complexity index is 324. The highest BCUT2D eigenvalue weighted by molar-refractivity contribution is 7.10. The van der Waals surface area contributed by atoms with Crippen LogP contribution in [0.2, 0.25) is 0 Å². The summed E-state index contributed by atoms with van der Waals surface area (Å²) in [5, 5.41) is 17.2. The maximum atomic E-state index is 8.68. The highest BCUT2D eigenvalue weighted by Crippen LogP contribution is 2.22. The van der Waals surface area contributed by atoms with Gasteiger partial charge in [-0.1, -0.05) is 25.1 Å². The quantitative estimate of drug-likeness (QED) is 0.310. The van der Waals surface area contributed by atoms with E-state index in [0.29, 0.717) is 0 Å². The number of hydrogen-bond donors (Lipinski definition) is 3. The zero-order valence-electron chi connectivity index (χ0n) is 9.68. The summed E-state index contributed by atoms with van der Waals surface area (Å²) in [5.41, 5.74) is 5.63. The molecule has 0 aliphatic rings. The van der Waals surface area contributed by atoms with Gasteiger partial charge in [-0.05, 0) is 24.3 Å². The predicted octanol–water partition coefficient (Wildman–Crippen LogP) is 2.31. The molecule has 0 bridgehead atoms. The van der Waals surface area contributed by atoms with Gasteiger partial charge >= 0.3 is 0 Å². The molecular formula is C11H19N3OS. The van der Waals surface area contributed by atoms with E-state index in [0.717, 1.165) is 12.8 Å². The summed E-state index contributed by atoms with van der Waals surface area (Å²) >= 11 is 1.72. The molecule has 0 fully saturated rings. The third-order valence-corrected chi connectivity index (χ3v) is 3.56. The van der Waals surface area contributed by atoms with Crippen molar-refractivity contribution in [1.29, 1.82) is 0 Å². The lowest BCUT2D eigenvalue weighted by molar-refractivity contribution is 0.313. The zero-order chi connectivity index (χ0) is 12.0. The first-order valence-corrected chi connectivity index (χ1v) is 6.37. The van der Waals surface area contributed by atoms with Crippen molar-refractivity contribution >= 4 is 17.2 Å². The largest absolute Gasteiger partial charge is 0.409 e. The monoisotopic (exact) mass is 241 g/mol. The van der Waals surface area contributed by atoms with E-state index in [2.05, 4.69) is 28.8 Å². The molecule has 4 N–H and O–H groups in total. The van der Waals surface area contributed by atoms with E-state index in [4.69, 9.17) is 10.9 Å². The number of rotatable bonds is 6. The molecule has 0 aromatic carbocycles. The highest BCUT2D eigenvalue weighted by atomic mass is 32.1. The summed E-state index contributed by atoms with van der Waals surface area (Å²) in [6, 6.07) is 4.34. The Hall–Kier alpha value is -1.07. The average Bonchev–Trinajstić information content (AvgIpc) is 2.83. The standard InChI is InChI=1S/C11H19N3OS/c1-3-8(10-6-5-7-16-10)13-9(4-2)11(12)14-15/h5-9,13,15H,3-4H2,1-2H3,(H2,12,14). The third-order valence-electron chi connectivity index (χ3n) is 2.58. The van der Waals surface area contributed by atoms with Gasteiger partial charge in [-0.3, -0.25) is 5.32 Å². The molecule has 1 rings (SSSR count).